The van der Waals surface area contributed by atoms with E-state index in [0.717, 1.165) is 10.6 Å². The molecule has 98 valence electrons. The molecule has 3 nitrogen and oxygen atoms in total. The third kappa shape index (κ3) is 3.66. The largest absolute Gasteiger partial charge is 0.383 e. The highest BCUT2D eigenvalue weighted by molar-refractivity contribution is 7.17. The molecule has 1 aromatic heterocycles. The lowest BCUT2D eigenvalue weighted by atomic mass is 10.2. The number of carbonyl (C=O) groups excluding carboxylic acids is 1. The van der Waals surface area contributed by atoms with Gasteiger partial charge in [0.25, 0.3) is 0 Å². The summed E-state index contributed by atoms with van der Waals surface area (Å²) in [7, 11) is 3.74. The predicted octanol–water partition coefficient (Wildman–Crippen LogP) is 3.72. The third-order valence-electron chi connectivity index (χ3n) is 2.34. The number of hydrogen-bond acceptors (Lipinski definition) is 4. The normalized spacial score (nSPS) is 10.9. The fraction of sp³-hybridized carbons (Fsp3) is 0.143. The zero-order valence-electron chi connectivity index (χ0n) is 10.6. The van der Waals surface area contributed by atoms with Gasteiger partial charge in [0.1, 0.15) is 5.01 Å². The van der Waals surface area contributed by atoms with Gasteiger partial charge in [-0.3, -0.25) is 4.79 Å². The van der Waals surface area contributed by atoms with E-state index in [4.69, 9.17) is 11.6 Å². The van der Waals surface area contributed by atoms with Crippen molar-refractivity contribution in [3.63, 3.8) is 0 Å². The van der Waals surface area contributed by atoms with Crippen molar-refractivity contribution >= 4 is 28.7 Å². The molecule has 1 heterocycles. The van der Waals surface area contributed by atoms with Crippen LogP contribution in [0.15, 0.2) is 42.7 Å². The van der Waals surface area contributed by atoms with Crippen LogP contribution in [0.5, 0.6) is 0 Å². The molecule has 0 atom stereocenters. The molecule has 2 rings (SSSR count). The molecule has 2 aromatic rings. The van der Waals surface area contributed by atoms with Crippen molar-refractivity contribution in [2.75, 3.05) is 14.1 Å². The van der Waals surface area contributed by atoms with Crippen LogP contribution in [0.1, 0.15) is 9.67 Å². The van der Waals surface area contributed by atoms with Crippen LogP contribution in [-0.4, -0.2) is 29.8 Å². The first-order valence-corrected chi connectivity index (χ1v) is 6.86. The third-order valence-corrected chi connectivity index (χ3v) is 3.64. The van der Waals surface area contributed by atoms with Crippen LogP contribution in [0.4, 0.5) is 0 Å². The minimum atomic E-state index is -0.0421. The molecule has 0 radical (unpaired) electrons. The minimum Gasteiger partial charge on any atom is -0.383 e. The van der Waals surface area contributed by atoms with Crippen molar-refractivity contribution < 1.29 is 4.79 Å². The van der Waals surface area contributed by atoms with Crippen LogP contribution >= 0.6 is 22.9 Å². The van der Waals surface area contributed by atoms with Gasteiger partial charge in [0.15, 0.2) is 5.78 Å². The number of hydrogen-bond donors (Lipinski definition) is 0. The quantitative estimate of drug-likeness (QED) is 0.636. The number of ketones is 1. The molecule has 0 saturated carbocycles. The molecule has 0 aliphatic carbocycles. The topological polar surface area (TPSA) is 33.2 Å². The van der Waals surface area contributed by atoms with Crippen molar-refractivity contribution in [3.8, 4) is 10.6 Å². The second kappa shape index (κ2) is 5.99. The van der Waals surface area contributed by atoms with Gasteiger partial charge in [0.05, 0.1) is 4.88 Å². The molecule has 0 bridgehead atoms. The van der Waals surface area contributed by atoms with Crippen molar-refractivity contribution in [1.29, 1.82) is 0 Å². The highest BCUT2D eigenvalue weighted by Gasteiger charge is 2.09. The van der Waals surface area contributed by atoms with E-state index in [9.17, 15) is 4.79 Å². The smallest absolute Gasteiger partial charge is 0.198 e. The molecule has 19 heavy (non-hydrogen) atoms. The molecule has 5 heteroatoms. The molecule has 0 fully saturated rings. The van der Waals surface area contributed by atoms with Gasteiger partial charge in [0.2, 0.25) is 0 Å². The van der Waals surface area contributed by atoms with Crippen LogP contribution in [0.2, 0.25) is 5.02 Å². The summed E-state index contributed by atoms with van der Waals surface area (Å²) in [4.78, 5) is 18.6. The average Bonchev–Trinajstić information content (AvgIpc) is 2.85. The van der Waals surface area contributed by atoms with Gasteiger partial charge in [-0.2, -0.15) is 0 Å². The highest BCUT2D eigenvalue weighted by Crippen LogP contribution is 2.27. The summed E-state index contributed by atoms with van der Waals surface area (Å²) in [6.45, 7) is 0. The summed E-state index contributed by atoms with van der Waals surface area (Å²) in [6, 6.07) is 7.44. The maximum atomic E-state index is 11.9. The molecule has 0 unspecified atom stereocenters. The lowest BCUT2D eigenvalue weighted by molar-refractivity contribution is 0.104. The van der Waals surface area contributed by atoms with Gasteiger partial charge in [-0.15, -0.1) is 11.3 Å². The van der Waals surface area contributed by atoms with E-state index in [1.54, 1.807) is 12.4 Å². The molecule has 0 spiro atoms. The lowest BCUT2D eigenvalue weighted by Crippen LogP contribution is -2.02. The van der Waals surface area contributed by atoms with Crippen molar-refractivity contribution in [2.24, 2.45) is 0 Å². The Morgan fingerprint density at radius 1 is 1.42 bits per heavy atom. The Morgan fingerprint density at radius 3 is 2.89 bits per heavy atom. The number of nitrogens with zero attached hydrogens (tertiary/aromatic N) is 2. The predicted molar refractivity (Wildman–Crippen MR) is 79.7 cm³/mol. The zero-order valence-corrected chi connectivity index (χ0v) is 12.2. The first-order chi connectivity index (χ1) is 9.06. The number of benzene rings is 1. The number of aromatic nitrogens is 1. The number of allylic oxidation sites excluding steroid dienone is 1. The average molecular weight is 293 g/mol. The highest BCUT2D eigenvalue weighted by atomic mass is 35.5. The molecule has 0 amide bonds. The maximum absolute atomic E-state index is 11.9. The van der Waals surface area contributed by atoms with E-state index in [0.29, 0.717) is 9.90 Å². The Morgan fingerprint density at radius 2 is 2.21 bits per heavy atom. The standard InChI is InChI=1S/C14H13ClN2OS/c1-17(2)7-6-12(18)13-9-16-14(19-13)10-4-3-5-11(15)8-10/h3-9H,1-2H3. The Kier molecular flexibility index (Phi) is 4.35. The maximum Gasteiger partial charge on any atom is 0.198 e. The summed E-state index contributed by atoms with van der Waals surface area (Å²) in [5.41, 5.74) is 0.924. The van der Waals surface area contributed by atoms with Crippen molar-refractivity contribution in [2.45, 2.75) is 0 Å². The molecule has 0 saturated heterocycles. The molecule has 0 aliphatic heterocycles. The minimum absolute atomic E-state index is 0.0421. The summed E-state index contributed by atoms with van der Waals surface area (Å²) < 4.78 is 0. The summed E-state index contributed by atoms with van der Waals surface area (Å²) in [5, 5.41) is 1.46. The summed E-state index contributed by atoms with van der Waals surface area (Å²) >= 11 is 7.31. The van der Waals surface area contributed by atoms with Crippen LogP contribution in [0.25, 0.3) is 10.6 Å². The van der Waals surface area contributed by atoms with E-state index in [1.807, 2.05) is 43.3 Å². The SMILES string of the molecule is CN(C)C=CC(=O)c1cnc(-c2cccc(Cl)c2)s1. The van der Waals surface area contributed by atoms with Crippen LogP contribution in [0, 0.1) is 0 Å². The van der Waals surface area contributed by atoms with Crippen LogP contribution < -0.4 is 0 Å². The van der Waals surface area contributed by atoms with E-state index in [-0.39, 0.29) is 5.78 Å². The number of thiazole rings is 1. The zero-order chi connectivity index (χ0) is 13.8. The second-order valence-corrected chi connectivity index (χ2v) is 5.65. The molecular weight excluding hydrogens is 280 g/mol. The van der Waals surface area contributed by atoms with Crippen molar-refractivity contribution in [3.05, 3.63) is 52.6 Å². The Balaban J connectivity index is 2.22. The van der Waals surface area contributed by atoms with Gasteiger partial charge < -0.3 is 4.90 Å². The number of rotatable bonds is 4. The van der Waals surface area contributed by atoms with Crippen molar-refractivity contribution in [1.82, 2.24) is 9.88 Å². The number of halogens is 1. The van der Waals surface area contributed by atoms with E-state index < -0.39 is 0 Å². The first-order valence-electron chi connectivity index (χ1n) is 5.67. The Bertz CT molecular complexity index is 619. The molecule has 0 aliphatic rings. The second-order valence-electron chi connectivity index (χ2n) is 4.18. The summed E-state index contributed by atoms with van der Waals surface area (Å²) in [5.74, 6) is -0.0421. The lowest BCUT2D eigenvalue weighted by Gasteiger charge is -2.01. The van der Waals surface area contributed by atoms with Gasteiger partial charge in [-0.05, 0) is 12.1 Å². The van der Waals surface area contributed by atoms with Gasteiger partial charge >= 0.3 is 0 Å². The fourth-order valence-electron chi connectivity index (χ4n) is 1.44. The van der Waals surface area contributed by atoms with Gasteiger partial charge in [-0.25, -0.2) is 4.98 Å². The van der Waals surface area contributed by atoms with Crippen LogP contribution in [0.3, 0.4) is 0 Å². The Hall–Kier alpha value is -1.65. The molecular formula is C14H13ClN2OS. The fourth-order valence-corrected chi connectivity index (χ4v) is 2.46. The van der Waals surface area contributed by atoms with E-state index in [1.165, 1.54) is 17.4 Å². The van der Waals surface area contributed by atoms with Crippen LogP contribution in [-0.2, 0) is 0 Å². The summed E-state index contributed by atoms with van der Waals surface area (Å²) in [6.07, 6.45) is 4.86. The van der Waals surface area contributed by atoms with Gasteiger partial charge in [0, 0.05) is 43.2 Å². The first kappa shape index (κ1) is 13.8. The molecule has 0 N–H and O–H groups in total. The molecule has 1 aromatic carbocycles. The van der Waals surface area contributed by atoms with E-state index in [2.05, 4.69) is 4.98 Å². The monoisotopic (exact) mass is 292 g/mol. The van der Waals surface area contributed by atoms with E-state index >= 15 is 0 Å². The number of carbonyl (C=O) groups is 1. The Labute approximate surface area is 121 Å². The van der Waals surface area contributed by atoms with Gasteiger partial charge in [-0.1, -0.05) is 23.7 Å².